The van der Waals surface area contributed by atoms with Crippen LogP contribution in [0.25, 0.3) is 16.8 Å². The van der Waals surface area contributed by atoms with Crippen molar-refractivity contribution in [3.05, 3.63) is 46.2 Å². The smallest absolute Gasteiger partial charge is 0.425 e. The van der Waals surface area contributed by atoms with Gasteiger partial charge in [0, 0.05) is 10.9 Å². The number of amidine groups is 1. The summed E-state index contributed by atoms with van der Waals surface area (Å²) in [5, 5.41) is 21.6. The number of ether oxygens (including phenoxy) is 1. The van der Waals surface area contributed by atoms with E-state index in [2.05, 4.69) is 15.1 Å². The SMILES string of the molecule is COC(=O)NN1CC(O)=C(c2nc(-c3ccc(F)cc3)cs2)C1=N. The van der Waals surface area contributed by atoms with Gasteiger partial charge in [-0.05, 0) is 24.3 Å². The molecule has 0 bridgehead atoms. The van der Waals surface area contributed by atoms with Gasteiger partial charge in [0.25, 0.3) is 0 Å². The number of aromatic nitrogens is 1. The highest BCUT2D eigenvalue weighted by molar-refractivity contribution is 7.11. The van der Waals surface area contributed by atoms with Crippen LogP contribution in [0.5, 0.6) is 0 Å². The molecule has 2 heterocycles. The molecule has 0 radical (unpaired) electrons. The molecule has 1 aromatic carbocycles. The molecule has 1 aliphatic rings. The molecule has 0 spiro atoms. The number of rotatable bonds is 3. The highest BCUT2D eigenvalue weighted by atomic mass is 32.1. The maximum Gasteiger partial charge on any atom is 0.425 e. The summed E-state index contributed by atoms with van der Waals surface area (Å²) in [4.78, 5) is 15.7. The zero-order chi connectivity index (χ0) is 17.3. The monoisotopic (exact) mass is 348 g/mol. The minimum Gasteiger partial charge on any atom is -0.509 e. The summed E-state index contributed by atoms with van der Waals surface area (Å²) in [5.41, 5.74) is 3.92. The number of aliphatic hydroxyl groups excluding tert-OH is 1. The number of nitrogens with zero attached hydrogens (tertiary/aromatic N) is 2. The van der Waals surface area contributed by atoms with Crippen LogP contribution in [0.4, 0.5) is 9.18 Å². The number of halogens is 1. The van der Waals surface area contributed by atoms with Gasteiger partial charge >= 0.3 is 6.09 Å². The molecule has 3 N–H and O–H groups in total. The van der Waals surface area contributed by atoms with Crippen molar-refractivity contribution < 1.29 is 19.0 Å². The molecule has 124 valence electrons. The Morgan fingerprint density at radius 1 is 1.46 bits per heavy atom. The summed E-state index contributed by atoms with van der Waals surface area (Å²) in [6, 6.07) is 5.89. The van der Waals surface area contributed by atoms with Crippen molar-refractivity contribution in [3.63, 3.8) is 0 Å². The van der Waals surface area contributed by atoms with Crippen LogP contribution in [0.15, 0.2) is 35.4 Å². The summed E-state index contributed by atoms with van der Waals surface area (Å²) >= 11 is 1.25. The van der Waals surface area contributed by atoms with Gasteiger partial charge in [0.05, 0.1) is 24.9 Å². The van der Waals surface area contributed by atoms with Crippen LogP contribution < -0.4 is 5.43 Å². The van der Waals surface area contributed by atoms with E-state index < -0.39 is 6.09 Å². The van der Waals surface area contributed by atoms with Crippen LogP contribution in [-0.2, 0) is 4.74 Å². The second kappa shape index (κ2) is 6.28. The zero-order valence-electron chi connectivity index (χ0n) is 12.5. The molecule has 2 aromatic rings. The first-order chi connectivity index (χ1) is 11.5. The third-order valence-corrected chi connectivity index (χ3v) is 4.23. The molecule has 0 unspecified atom stereocenters. The molecule has 0 aliphatic carbocycles. The molecule has 1 aromatic heterocycles. The fourth-order valence-electron chi connectivity index (χ4n) is 2.20. The quantitative estimate of drug-likeness (QED) is 0.792. The van der Waals surface area contributed by atoms with Gasteiger partial charge in [-0.3, -0.25) is 10.4 Å². The molecule has 1 amide bonds. The third-order valence-electron chi connectivity index (χ3n) is 3.37. The largest absolute Gasteiger partial charge is 0.509 e. The van der Waals surface area contributed by atoms with Crippen LogP contribution >= 0.6 is 11.3 Å². The van der Waals surface area contributed by atoms with E-state index in [1.807, 2.05) is 0 Å². The third kappa shape index (κ3) is 2.93. The van der Waals surface area contributed by atoms with Gasteiger partial charge in [0.2, 0.25) is 0 Å². The van der Waals surface area contributed by atoms with Gasteiger partial charge in [-0.2, -0.15) is 0 Å². The minimum atomic E-state index is -0.736. The number of carbonyl (C=O) groups excluding carboxylic acids is 1. The second-order valence-electron chi connectivity index (χ2n) is 4.90. The average Bonchev–Trinajstić information content (AvgIpc) is 3.13. The number of amides is 1. The Morgan fingerprint density at radius 3 is 2.83 bits per heavy atom. The zero-order valence-corrected chi connectivity index (χ0v) is 13.4. The number of thiazole rings is 1. The van der Waals surface area contributed by atoms with Crippen molar-refractivity contribution in [2.24, 2.45) is 0 Å². The Hall–Kier alpha value is -2.94. The Bertz CT molecular complexity index is 831. The first kappa shape index (κ1) is 15.9. The lowest BCUT2D eigenvalue weighted by Crippen LogP contribution is -2.43. The predicted octanol–water partition coefficient (Wildman–Crippen LogP) is 2.78. The molecule has 3 rings (SSSR count). The van der Waals surface area contributed by atoms with Gasteiger partial charge in [-0.1, -0.05) is 0 Å². The molecule has 0 fully saturated rings. The number of carbonyl (C=O) groups is 1. The van der Waals surface area contributed by atoms with E-state index in [9.17, 15) is 14.3 Å². The highest BCUT2D eigenvalue weighted by Crippen LogP contribution is 2.31. The van der Waals surface area contributed by atoms with Gasteiger partial charge < -0.3 is 9.84 Å². The van der Waals surface area contributed by atoms with Gasteiger partial charge in [-0.25, -0.2) is 19.6 Å². The molecular formula is C15H13FN4O3S. The molecule has 0 atom stereocenters. The highest BCUT2D eigenvalue weighted by Gasteiger charge is 2.31. The molecule has 7 nitrogen and oxygen atoms in total. The topological polar surface area (TPSA) is 98.5 Å². The lowest BCUT2D eigenvalue weighted by atomic mass is 10.2. The minimum absolute atomic E-state index is 0.0469. The van der Waals surface area contributed by atoms with Crippen molar-refractivity contribution >= 4 is 28.8 Å². The van der Waals surface area contributed by atoms with E-state index in [0.717, 1.165) is 10.6 Å². The number of methoxy groups -OCH3 is 1. The number of benzene rings is 1. The fourth-order valence-corrected chi connectivity index (χ4v) is 3.09. The lowest BCUT2D eigenvalue weighted by molar-refractivity contribution is 0.148. The second-order valence-corrected chi connectivity index (χ2v) is 5.76. The maximum absolute atomic E-state index is 13.0. The van der Waals surface area contributed by atoms with E-state index in [4.69, 9.17) is 5.41 Å². The van der Waals surface area contributed by atoms with Crippen LogP contribution in [0, 0.1) is 11.2 Å². The molecule has 0 saturated heterocycles. The van der Waals surface area contributed by atoms with Crippen LogP contribution in [0.2, 0.25) is 0 Å². The van der Waals surface area contributed by atoms with Gasteiger partial charge in [0.15, 0.2) is 5.84 Å². The molecule has 0 saturated carbocycles. The summed E-state index contributed by atoms with van der Waals surface area (Å²) in [5.74, 6) is -0.494. The first-order valence-electron chi connectivity index (χ1n) is 6.84. The van der Waals surface area contributed by atoms with Crippen LogP contribution in [0.1, 0.15) is 5.01 Å². The summed E-state index contributed by atoms with van der Waals surface area (Å²) in [6.07, 6.45) is -0.736. The average molecular weight is 348 g/mol. The molecule has 1 aliphatic heterocycles. The van der Waals surface area contributed by atoms with Gasteiger partial charge in [0.1, 0.15) is 16.6 Å². The summed E-state index contributed by atoms with van der Waals surface area (Å²) in [7, 11) is 1.21. The molecule has 24 heavy (non-hydrogen) atoms. The Labute approximate surface area is 140 Å². The predicted molar refractivity (Wildman–Crippen MR) is 87.0 cm³/mol. The van der Waals surface area contributed by atoms with Crippen molar-refractivity contribution in [3.8, 4) is 11.3 Å². The first-order valence-corrected chi connectivity index (χ1v) is 7.72. The maximum atomic E-state index is 13.0. The number of aliphatic hydroxyl groups is 1. The number of hydrazine groups is 1. The van der Waals surface area contributed by atoms with Crippen LogP contribution in [-0.4, -0.2) is 40.7 Å². The van der Waals surface area contributed by atoms with Crippen LogP contribution in [0.3, 0.4) is 0 Å². The van der Waals surface area contributed by atoms with Gasteiger partial charge in [-0.15, -0.1) is 11.3 Å². The van der Waals surface area contributed by atoms with E-state index in [-0.39, 0.29) is 29.5 Å². The summed E-state index contributed by atoms with van der Waals surface area (Å²) < 4.78 is 17.5. The number of nitrogens with one attached hydrogen (secondary N) is 2. The van der Waals surface area contributed by atoms with Crippen molar-refractivity contribution in [2.45, 2.75) is 0 Å². The van der Waals surface area contributed by atoms with Crippen molar-refractivity contribution in [1.29, 1.82) is 5.41 Å². The van der Waals surface area contributed by atoms with E-state index in [1.165, 1.54) is 30.6 Å². The number of hydrogen-bond acceptors (Lipinski definition) is 6. The fraction of sp³-hybridized carbons (Fsp3) is 0.133. The lowest BCUT2D eigenvalue weighted by Gasteiger charge is -2.17. The Balaban J connectivity index is 1.84. The molecule has 9 heteroatoms. The summed E-state index contributed by atoms with van der Waals surface area (Å²) in [6.45, 7) is -0.0469. The Morgan fingerprint density at radius 2 is 2.17 bits per heavy atom. The molecular weight excluding hydrogens is 335 g/mol. The van der Waals surface area contributed by atoms with E-state index in [1.54, 1.807) is 17.5 Å². The van der Waals surface area contributed by atoms with E-state index in [0.29, 0.717) is 10.7 Å². The number of hydrogen-bond donors (Lipinski definition) is 3. The normalized spacial score (nSPS) is 14.2. The standard InChI is InChI=1S/C15H13FN4O3S/c1-23-15(22)19-20-6-11(21)12(13(20)17)14-18-10(7-24-14)8-2-4-9(16)5-3-8/h2-5,7,17,21H,6H2,1H3,(H,19,22). The Kier molecular flexibility index (Phi) is 4.17. The van der Waals surface area contributed by atoms with E-state index >= 15 is 0 Å². The van der Waals surface area contributed by atoms with Crippen molar-refractivity contribution in [1.82, 2.24) is 15.4 Å². The van der Waals surface area contributed by atoms with Crippen molar-refractivity contribution in [2.75, 3.05) is 13.7 Å².